The molecule has 180 valence electrons. The highest BCUT2D eigenvalue weighted by Gasteiger charge is 2.24. The Bertz CT molecular complexity index is 1560. The van der Waals surface area contributed by atoms with Crippen LogP contribution < -0.4 is 5.63 Å². The Kier molecular flexibility index (Phi) is 5.46. The van der Waals surface area contributed by atoms with E-state index in [4.69, 9.17) is 9.15 Å². The van der Waals surface area contributed by atoms with Gasteiger partial charge in [-0.25, -0.2) is 14.6 Å². The first-order valence-corrected chi connectivity index (χ1v) is 11.7. The normalized spacial score (nSPS) is 14.4. The topological polar surface area (TPSA) is 89.9 Å². The second-order valence-electron chi connectivity index (χ2n) is 9.93. The highest BCUT2D eigenvalue weighted by Crippen LogP contribution is 2.28. The summed E-state index contributed by atoms with van der Waals surface area (Å²) in [4.78, 5) is 36.0. The van der Waals surface area contributed by atoms with Crippen molar-refractivity contribution >= 4 is 28.1 Å². The minimum absolute atomic E-state index is 0.312. The van der Waals surface area contributed by atoms with Gasteiger partial charge in [0.15, 0.2) is 11.4 Å². The number of amides is 1. The number of hydrogen-bond acceptors (Lipinski definition) is 6. The van der Waals surface area contributed by atoms with Crippen LogP contribution in [0.1, 0.15) is 44.1 Å². The lowest BCUT2D eigenvalue weighted by Crippen LogP contribution is -2.39. The van der Waals surface area contributed by atoms with Gasteiger partial charge >= 0.3 is 11.7 Å². The summed E-state index contributed by atoms with van der Waals surface area (Å²) in [7, 11) is 0. The van der Waals surface area contributed by atoms with Gasteiger partial charge in [0.1, 0.15) is 11.3 Å². The predicted octanol–water partition coefficient (Wildman–Crippen LogP) is 5.14. The summed E-state index contributed by atoms with van der Waals surface area (Å²) in [5, 5.41) is 1.30. The minimum atomic E-state index is -0.524. The number of ether oxygens (including phenoxy) is 1. The summed E-state index contributed by atoms with van der Waals surface area (Å²) >= 11 is 0. The predicted molar refractivity (Wildman–Crippen MR) is 134 cm³/mol. The molecule has 1 amide bonds. The van der Waals surface area contributed by atoms with Crippen molar-refractivity contribution in [1.29, 1.82) is 0 Å². The zero-order valence-electron chi connectivity index (χ0n) is 20.6. The molecular weight excluding hydrogens is 444 g/mol. The van der Waals surface area contributed by atoms with Crippen LogP contribution in [0, 0.1) is 13.8 Å². The van der Waals surface area contributed by atoms with Crippen LogP contribution in [0.5, 0.6) is 0 Å². The lowest BCUT2D eigenvalue weighted by molar-refractivity contribution is 0.0270. The van der Waals surface area contributed by atoms with Crippen molar-refractivity contribution in [3.05, 3.63) is 70.1 Å². The molecule has 8 heteroatoms. The van der Waals surface area contributed by atoms with Crippen LogP contribution in [-0.4, -0.2) is 44.1 Å². The molecule has 0 saturated heterocycles. The molecule has 0 atom stereocenters. The summed E-state index contributed by atoms with van der Waals surface area (Å²) in [5.41, 5.74) is 4.13. The van der Waals surface area contributed by atoms with Crippen LogP contribution in [0.25, 0.3) is 33.4 Å². The number of imidazole rings is 1. The molecule has 4 aromatic rings. The van der Waals surface area contributed by atoms with Gasteiger partial charge in [-0.2, -0.15) is 0 Å². The number of aryl methyl sites for hydroxylation is 2. The molecule has 1 aliphatic rings. The Labute approximate surface area is 202 Å². The second kappa shape index (κ2) is 8.37. The largest absolute Gasteiger partial charge is 0.444 e. The Hall–Kier alpha value is -3.94. The third-order valence-corrected chi connectivity index (χ3v) is 5.97. The van der Waals surface area contributed by atoms with E-state index in [1.54, 1.807) is 4.90 Å². The maximum atomic E-state index is 12.9. The maximum absolute atomic E-state index is 12.9. The highest BCUT2D eigenvalue weighted by atomic mass is 16.6. The molecule has 0 N–H and O–H groups in total. The SMILES string of the molecule is Cc1cn2cc(-c3cc4ccc(C5=CCN(C(=O)OC(C)(C)C)CC5)cc4c(=O)o3)nc2c(C)n1. The maximum Gasteiger partial charge on any atom is 0.410 e. The van der Waals surface area contributed by atoms with Crippen LogP contribution in [-0.2, 0) is 4.74 Å². The fourth-order valence-electron chi connectivity index (χ4n) is 4.36. The van der Waals surface area contributed by atoms with Crippen LogP contribution in [0.4, 0.5) is 4.79 Å². The summed E-state index contributed by atoms with van der Waals surface area (Å²) in [6, 6.07) is 7.64. The van der Waals surface area contributed by atoms with Gasteiger partial charge in [0, 0.05) is 25.5 Å². The number of benzene rings is 1. The minimum Gasteiger partial charge on any atom is -0.444 e. The average molecular weight is 473 g/mol. The first kappa shape index (κ1) is 22.8. The standard InChI is InChI=1S/C27H28N4O4/c1-16-14-31-15-22(29-24(31)17(2)28-16)23-13-20-7-6-19(12-21(20)25(32)34-23)18-8-10-30(11-9-18)26(33)35-27(3,4)5/h6-8,12-15H,9-11H2,1-5H3. The van der Waals surface area contributed by atoms with E-state index in [0.29, 0.717) is 36.4 Å². The fraction of sp³-hybridized carbons (Fsp3) is 0.333. The van der Waals surface area contributed by atoms with E-state index in [-0.39, 0.29) is 6.09 Å². The molecule has 4 heterocycles. The van der Waals surface area contributed by atoms with Crippen molar-refractivity contribution in [2.24, 2.45) is 0 Å². The van der Waals surface area contributed by atoms with Gasteiger partial charge in [-0.15, -0.1) is 0 Å². The molecule has 0 unspecified atom stereocenters. The van der Waals surface area contributed by atoms with Gasteiger partial charge in [0.2, 0.25) is 0 Å². The first-order chi connectivity index (χ1) is 16.6. The zero-order valence-corrected chi connectivity index (χ0v) is 20.6. The second-order valence-corrected chi connectivity index (χ2v) is 9.93. The van der Waals surface area contributed by atoms with E-state index >= 15 is 0 Å². The van der Waals surface area contributed by atoms with Gasteiger partial charge in [0.25, 0.3) is 0 Å². The van der Waals surface area contributed by atoms with Gasteiger partial charge in [-0.05, 0) is 69.7 Å². The molecule has 0 aliphatic carbocycles. The molecular formula is C27H28N4O4. The molecule has 35 heavy (non-hydrogen) atoms. The molecule has 1 aliphatic heterocycles. The van der Waals surface area contributed by atoms with E-state index in [0.717, 1.165) is 33.6 Å². The quantitative estimate of drug-likeness (QED) is 0.401. The molecule has 8 nitrogen and oxygen atoms in total. The molecule has 0 spiro atoms. The Morgan fingerprint density at radius 3 is 2.63 bits per heavy atom. The summed E-state index contributed by atoms with van der Waals surface area (Å²) in [6.07, 6.45) is 6.12. The average Bonchev–Trinajstić information content (AvgIpc) is 3.22. The lowest BCUT2D eigenvalue weighted by Gasteiger charge is -2.29. The summed E-state index contributed by atoms with van der Waals surface area (Å²) < 4.78 is 13.0. The third-order valence-electron chi connectivity index (χ3n) is 5.97. The van der Waals surface area contributed by atoms with E-state index in [1.807, 2.05) is 81.8 Å². The number of carbonyl (C=O) groups is 1. The van der Waals surface area contributed by atoms with Crippen LogP contribution >= 0.6 is 0 Å². The van der Waals surface area contributed by atoms with Crippen molar-refractivity contribution < 1.29 is 13.9 Å². The van der Waals surface area contributed by atoms with Crippen molar-refractivity contribution in [2.45, 2.75) is 46.6 Å². The molecule has 0 saturated carbocycles. The molecule has 3 aromatic heterocycles. The number of nitrogens with zero attached hydrogens (tertiary/aromatic N) is 4. The van der Waals surface area contributed by atoms with Crippen molar-refractivity contribution in [1.82, 2.24) is 19.3 Å². The molecule has 5 rings (SSSR count). The third kappa shape index (κ3) is 4.56. The van der Waals surface area contributed by atoms with E-state index in [2.05, 4.69) is 9.97 Å². The summed E-state index contributed by atoms with van der Waals surface area (Å²) in [5.74, 6) is 0.417. The molecule has 0 fully saturated rings. The Morgan fingerprint density at radius 1 is 1.11 bits per heavy atom. The lowest BCUT2D eigenvalue weighted by atomic mass is 9.97. The van der Waals surface area contributed by atoms with Gasteiger partial charge in [-0.1, -0.05) is 18.2 Å². The van der Waals surface area contributed by atoms with Crippen LogP contribution in [0.3, 0.4) is 0 Å². The Morgan fingerprint density at radius 2 is 1.91 bits per heavy atom. The molecule has 1 aromatic carbocycles. The molecule has 0 bridgehead atoms. The molecule has 0 radical (unpaired) electrons. The highest BCUT2D eigenvalue weighted by molar-refractivity contribution is 5.87. The number of rotatable bonds is 2. The van der Waals surface area contributed by atoms with Crippen molar-refractivity contribution in [2.75, 3.05) is 13.1 Å². The van der Waals surface area contributed by atoms with Gasteiger partial charge in [0.05, 0.1) is 16.8 Å². The van der Waals surface area contributed by atoms with Crippen LogP contribution in [0.15, 0.2) is 51.9 Å². The monoisotopic (exact) mass is 472 g/mol. The first-order valence-electron chi connectivity index (χ1n) is 11.7. The zero-order chi connectivity index (χ0) is 24.9. The van der Waals surface area contributed by atoms with Gasteiger partial charge in [-0.3, -0.25) is 4.98 Å². The number of aromatic nitrogens is 3. The van der Waals surface area contributed by atoms with Crippen molar-refractivity contribution in [3.63, 3.8) is 0 Å². The smallest absolute Gasteiger partial charge is 0.410 e. The van der Waals surface area contributed by atoms with Crippen LogP contribution in [0.2, 0.25) is 0 Å². The number of carbonyl (C=O) groups excluding carboxylic acids is 1. The van der Waals surface area contributed by atoms with E-state index in [1.165, 1.54) is 0 Å². The van der Waals surface area contributed by atoms with Crippen molar-refractivity contribution in [3.8, 4) is 11.5 Å². The summed E-state index contributed by atoms with van der Waals surface area (Å²) in [6.45, 7) is 10.4. The van der Waals surface area contributed by atoms with Gasteiger partial charge < -0.3 is 18.5 Å². The number of hydrogen-bond donors (Lipinski definition) is 0. The Balaban J connectivity index is 1.43. The fourth-order valence-corrected chi connectivity index (χ4v) is 4.36. The van der Waals surface area contributed by atoms with E-state index in [9.17, 15) is 9.59 Å². The van der Waals surface area contributed by atoms with E-state index < -0.39 is 11.2 Å². The number of fused-ring (bicyclic) bond motifs is 2.